The van der Waals surface area contributed by atoms with E-state index in [1.807, 2.05) is 37.3 Å². The van der Waals surface area contributed by atoms with E-state index >= 15 is 0 Å². The maximum Gasteiger partial charge on any atom is 0.247 e. The summed E-state index contributed by atoms with van der Waals surface area (Å²) in [5.74, 6) is 1.91. The first-order valence-electron chi connectivity index (χ1n) is 7.79. The largest absolute Gasteiger partial charge is 0.445 e. The van der Waals surface area contributed by atoms with E-state index in [-0.39, 0.29) is 7.33 Å². The number of rotatable bonds is 7. The number of aryl methyl sites for hydroxylation is 1. The van der Waals surface area contributed by atoms with Crippen molar-refractivity contribution in [3.63, 3.8) is 0 Å². The van der Waals surface area contributed by atoms with Gasteiger partial charge >= 0.3 is 0 Å². The second kappa shape index (κ2) is 8.28. The average Bonchev–Trinajstić information content (AvgIpc) is 3.29. The van der Waals surface area contributed by atoms with Crippen LogP contribution in [0.4, 0.5) is 5.13 Å². The fourth-order valence-electron chi connectivity index (χ4n) is 2.09. The maximum atomic E-state index is 12.2. The zero-order valence-electron chi connectivity index (χ0n) is 13.6. The molecule has 1 atom stereocenters. The Morgan fingerprint density at radius 2 is 2.16 bits per heavy atom. The van der Waals surface area contributed by atoms with Gasteiger partial charge in [-0.25, -0.2) is 9.97 Å². The Morgan fingerprint density at radius 1 is 1.36 bits per heavy atom. The highest BCUT2D eigenvalue weighted by Crippen LogP contribution is 2.31. The molecular formula is C17H20N4O2S2. The minimum atomic E-state index is -0.721. The van der Waals surface area contributed by atoms with Crippen LogP contribution in [0.25, 0.3) is 0 Å². The summed E-state index contributed by atoms with van der Waals surface area (Å²) in [6.45, 7) is 2.02. The van der Waals surface area contributed by atoms with Gasteiger partial charge in [0.2, 0.25) is 11.8 Å². The van der Waals surface area contributed by atoms with Crippen LogP contribution in [-0.2, 0) is 17.0 Å². The quantitative estimate of drug-likeness (QED) is 0.608. The summed E-state index contributed by atoms with van der Waals surface area (Å²) < 4.78 is 6.54. The van der Waals surface area contributed by atoms with E-state index in [0.717, 1.165) is 22.0 Å². The van der Waals surface area contributed by atoms with Crippen molar-refractivity contribution in [2.45, 2.75) is 29.3 Å². The number of aromatic nitrogens is 2. The van der Waals surface area contributed by atoms with Crippen molar-refractivity contribution < 1.29 is 10.6 Å². The van der Waals surface area contributed by atoms with E-state index in [1.54, 1.807) is 24.2 Å². The normalized spacial score (nSPS) is 12.1. The molecule has 0 saturated carbocycles. The lowest BCUT2D eigenvalue weighted by molar-refractivity contribution is -0.117. The molecule has 0 aliphatic carbocycles. The molecule has 3 aromatic rings. The fourth-order valence-corrected chi connectivity index (χ4v) is 3.82. The van der Waals surface area contributed by atoms with Crippen LogP contribution in [0, 0.1) is 0 Å². The first kappa shape index (κ1) is 17.7. The number of carbonyl (C=O) groups excluding carboxylic acids is 1. The highest BCUT2D eigenvalue weighted by molar-refractivity contribution is 8.00. The Kier molecular flexibility index (Phi) is 5.85. The van der Waals surface area contributed by atoms with Crippen LogP contribution < -0.4 is 11.1 Å². The fraction of sp³-hybridized carbons (Fsp3) is 0.235. The monoisotopic (exact) mass is 376 g/mol. The Labute approximate surface area is 155 Å². The van der Waals surface area contributed by atoms with E-state index in [2.05, 4.69) is 15.3 Å². The first-order valence-corrected chi connectivity index (χ1v) is 9.59. The van der Waals surface area contributed by atoms with Crippen LogP contribution in [-0.4, -0.2) is 15.9 Å². The molecule has 1 aromatic carbocycles. The van der Waals surface area contributed by atoms with Crippen molar-refractivity contribution >= 4 is 34.1 Å². The van der Waals surface area contributed by atoms with E-state index in [9.17, 15) is 4.79 Å². The highest BCUT2D eigenvalue weighted by atomic mass is 32.2. The van der Waals surface area contributed by atoms with Crippen molar-refractivity contribution in [2.24, 2.45) is 5.73 Å². The number of hydrogen-bond donors (Lipinski definition) is 2. The molecule has 0 fully saturated rings. The van der Waals surface area contributed by atoms with E-state index < -0.39 is 6.04 Å². The highest BCUT2D eigenvalue weighted by Gasteiger charge is 2.17. The predicted octanol–water partition coefficient (Wildman–Crippen LogP) is 3.87. The lowest BCUT2D eigenvalue weighted by Crippen LogP contribution is -2.27. The lowest BCUT2D eigenvalue weighted by atomic mass is 10.1. The van der Waals surface area contributed by atoms with Gasteiger partial charge in [-0.3, -0.25) is 4.79 Å². The summed E-state index contributed by atoms with van der Waals surface area (Å²) >= 11 is 2.97. The standard InChI is InChI=1S/C17H18N4O2S2.H2/c1-2-12-8-19-13(23-12)10-24-14-9-20-17(25-14)21-16(22)15(18)11-6-4-3-5-7-11;/h3-9,15H,2,10,18H2,1H3,(H,20,21,22);1H. The van der Waals surface area contributed by atoms with Crippen LogP contribution in [0.15, 0.2) is 51.4 Å². The molecule has 0 aliphatic rings. The Hall–Kier alpha value is -2.16. The minimum absolute atomic E-state index is 0. The summed E-state index contributed by atoms with van der Waals surface area (Å²) in [5.41, 5.74) is 6.75. The molecule has 3 rings (SSSR count). The number of oxazole rings is 1. The zero-order chi connectivity index (χ0) is 17.6. The third kappa shape index (κ3) is 4.68. The lowest BCUT2D eigenvalue weighted by Gasteiger charge is -2.10. The zero-order valence-corrected chi connectivity index (χ0v) is 15.3. The van der Waals surface area contributed by atoms with Crippen LogP contribution >= 0.6 is 23.1 Å². The molecule has 1 amide bonds. The molecule has 0 bridgehead atoms. The van der Waals surface area contributed by atoms with Gasteiger partial charge in [-0.05, 0) is 5.56 Å². The second-order valence-electron chi connectivity index (χ2n) is 5.22. The number of nitrogens with zero attached hydrogens (tertiary/aromatic N) is 2. The van der Waals surface area contributed by atoms with Crippen molar-refractivity contribution in [1.82, 2.24) is 9.97 Å². The third-order valence-corrected chi connectivity index (χ3v) is 5.54. The number of amides is 1. The summed E-state index contributed by atoms with van der Waals surface area (Å²) in [5, 5.41) is 3.29. The molecule has 132 valence electrons. The van der Waals surface area contributed by atoms with Gasteiger partial charge in [0.15, 0.2) is 5.13 Å². The molecule has 6 nitrogen and oxygen atoms in total. The molecule has 0 saturated heterocycles. The molecule has 2 heterocycles. The van der Waals surface area contributed by atoms with Gasteiger partial charge in [0.25, 0.3) is 0 Å². The molecule has 3 N–H and O–H groups in total. The Morgan fingerprint density at radius 3 is 2.88 bits per heavy atom. The number of carbonyl (C=O) groups is 1. The van der Waals surface area contributed by atoms with Crippen LogP contribution in [0.5, 0.6) is 0 Å². The van der Waals surface area contributed by atoms with Crippen LogP contribution in [0.3, 0.4) is 0 Å². The van der Waals surface area contributed by atoms with E-state index in [1.165, 1.54) is 11.3 Å². The molecule has 2 aromatic heterocycles. The van der Waals surface area contributed by atoms with Gasteiger partial charge in [-0.1, -0.05) is 48.6 Å². The number of thioether (sulfide) groups is 1. The molecule has 0 aliphatic heterocycles. The summed E-state index contributed by atoms with van der Waals surface area (Å²) in [4.78, 5) is 20.7. The molecule has 0 radical (unpaired) electrons. The van der Waals surface area contributed by atoms with E-state index in [0.29, 0.717) is 16.8 Å². The number of hydrogen-bond acceptors (Lipinski definition) is 7. The first-order chi connectivity index (χ1) is 12.2. The molecule has 8 heteroatoms. The van der Waals surface area contributed by atoms with Crippen molar-refractivity contribution in [3.05, 3.63) is 59.9 Å². The van der Waals surface area contributed by atoms with Gasteiger partial charge in [-0.2, -0.15) is 0 Å². The van der Waals surface area contributed by atoms with Crippen molar-refractivity contribution in [2.75, 3.05) is 5.32 Å². The molecule has 0 spiro atoms. The number of anilines is 1. The second-order valence-corrected chi connectivity index (χ2v) is 7.53. The summed E-state index contributed by atoms with van der Waals surface area (Å²) in [7, 11) is 0. The summed E-state index contributed by atoms with van der Waals surface area (Å²) in [6, 6.07) is 8.53. The summed E-state index contributed by atoms with van der Waals surface area (Å²) in [6.07, 6.45) is 4.30. The van der Waals surface area contributed by atoms with Crippen molar-refractivity contribution in [1.29, 1.82) is 0 Å². The van der Waals surface area contributed by atoms with Crippen LogP contribution in [0.2, 0.25) is 0 Å². The smallest absolute Gasteiger partial charge is 0.247 e. The minimum Gasteiger partial charge on any atom is -0.445 e. The SMILES string of the molecule is CCc1cnc(CSc2cnc(NC(=O)C(N)c3ccccc3)s2)o1.[HH]. The predicted molar refractivity (Wildman–Crippen MR) is 102 cm³/mol. The van der Waals surface area contributed by atoms with Gasteiger partial charge in [0.1, 0.15) is 11.8 Å². The molecular weight excluding hydrogens is 356 g/mol. The number of benzene rings is 1. The van der Waals surface area contributed by atoms with Gasteiger partial charge in [0.05, 0.1) is 22.4 Å². The van der Waals surface area contributed by atoms with Gasteiger partial charge in [0, 0.05) is 7.85 Å². The van der Waals surface area contributed by atoms with Gasteiger partial charge in [-0.15, -0.1) is 11.8 Å². The number of nitrogens with one attached hydrogen (secondary N) is 1. The van der Waals surface area contributed by atoms with Gasteiger partial charge < -0.3 is 15.5 Å². The van der Waals surface area contributed by atoms with Crippen LogP contribution in [0.1, 0.15) is 31.6 Å². The van der Waals surface area contributed by atoms with Crippen molar-refractivity contribution in [3.8, 4) is 0 Å². The Bertz CT molecular complexity index is 838. The number of thiazole rings is 1. The molecule has 1 unspecified atom stereocenters. The molecule has 25 heavy (non-hydrogen) atoms. The number of nitrogens with two attached hydrogens (primary N) is 1. The van der Waals surface area contributed by atoms with E-state index in [4.69, 9.17) is 10.2 Å². The third-order valence-electron chi connectivity index (χ3n) is 3.44. The average molecular weight is 377 g/mol. The topological polar surface area (TPSA) is 94.0 Å². The Balaban J connectivity index is 0.00000243. The maximum absolute atomic E-state index is 12.2.